The number of hydrogen-bond donors (Lipinski definition) is 1. The number of anilines is 1. The van der Waals surface area contributed by atoms with Crippen molar-refractivity contribution in [3.63, 3.8) is 0 Å². The van der Waals surface area contributed by atoms with Crippen molar-refractivity contribution in [1.29, 1.82) is 0 Å². The van der Waals surface area contributed by atoms with Gasteiger partial charge in [0, 0.05) is 12.0 Å². The van der Waals surface area contributed by atoms with Crippen molar-refractivity contribution in [2.75, 3.05) is 11.4 Å². The maximum Gasteiger partial charge on any atom is 0.264 e. The lowest BCUT2D eigenvalue weighted by Crippen LogP contribution is -2.54. The fourth-order valence-corrected chi connectivity index (χ4v) is 6.02. The fourth-order valence-electron chi connectivity index (χ4n) is 4.30. The average molecular weight is 401 g/mol. The Kier molecular flexibility index (Phi) is 4.67. The molecular formula is C21H23NO5S. The molecule has 2 aromatic carbocycles. The van der Waals surface area contributed by atoms with Crippen LogP contribution in [0, 0.1) is 12.8 Å². The minimum atomic E-state index is -3.90. The molecule has 1 fully saturated rings. The summed E-state index contributed by atoms with van der Waals surface area (Å²) in [5.74, 6) is -0.359. The topological polar surface area (TPSA) is 83.9 Å². The number of carbonyl (C=O) groups is 1. The number of carbonyl (C=O) groups excluding carboxylic acids is 1. The van der Waals surface area contributed by atoms with Crippen LogP contribution < -0.4 is 9.04 Å². The van der Waals surface area contributed by atoms with Gasteiger partial charge in [-0.25, -0.2) is 8.42 Å². The number of benzene rings is 2. The van der Waals surface area contributed by atoms with Gasteiger partial charge >= 0.3 is 0 Å². The smallest absolute Gasteiger partial charge is 0.264 e. The minimum absolute atomic E-state index is 0.0960. The Morgan fingerprint density at radius 3 is 2.54 bits per heavy atom. The van der Waals surface area contributed by atoms with E-state index in [0.29, 0.717) is 36.3 Å². The molecule has 1 saturated carbocycles. The summed E-state index contributed by atoms with van der Waals surface area (Å²) >= 11 is 0. The van der Waals surface area contributed by atoms with Crippen molar-refractivity contribution in [2.45, 2.75) is 43.2 Å². The molecule has 148 valence electrons. The van der Waals surface area contributed by atoms with E-state index in [4.69, 9.17) is 4.74 Å². The van der Waals surface area contributed by atoms with Crippen LogP contribution in [0.5, 0.6) is 5.75 Å². The molecule has 0 radical (unpaired) electrons. The van der Waals surface area contributed by atoms with Crippen molar-refractivity contribution in [2.24, 2.45) is 5.92 Å². The number of Topliss-reactive ketones (excluding diaryl/α,β-unsaturated/α-hetero) is 1. The number of aliphatic hydroxyl groups excluding tert-OH is 1. The van der Waals surface area contributed by atoms with Crippen molar-refractivity contribution < 1.29 is 23.1 Å². The number of aryl methyl sites for hydroxylation is 1. The molecule has 1 aliphatic heterocycles. The first kappa shape index (κ1) is 19.0. The molecule has 4 rings (SSSR count). The van der Waals surface area contributed by atoms with E-state index >= 15 is 0 Å². The second-order valence-corrected chi connectivity index (χ2v) is 9.25. The first-order valence-corrected chi connectivity index (χ1v) is 10.8. The van der Waals surface area contributed by atoms with Crippen molar-refractivity contribution in [3.05, 3.63) is 53.6 Å². The van der Waals surface area contributed by atoms with E-state index in [9.17, 15) is 18.3 Å². The minimum Gasteiger partial charge on any atom is -0.497 e. The number of sulfonamides is 1. The van der Waals surface area contributed by atoms with Crippen LogP contribution in [0.3, 0.4) is 0 Å². The van der Waals surface area contributed by atoms with Crippen LogP contribution in [0.15, 0.2) is 47.4 Å². The first-order chi connectivity index (χ1) is 13.3. The standard InChI is InChI=1S/C21H23NO5S/c1-13-6-9-15(10-7-13)28(25,26)22-17-11-8-14(27-2)12-16(17)21(24)20-18(22)4-3-5-19(20)23/h6-12,18,20-21,24H,3-5H2,1-2H3/t18-,20-,21-/m1/s1. The molecule has 1 N–H and O–H groups in total. The predicted molar refractivity (Wildman–Crippen MR) is 105 cm³/mol. The zero-order valence-electron chi connectivity index (χ0n) is 15.8. The van der Waals surface area contributed by atoms with E-state index in [1.54, 1.807) is 42.5 Å². The van der Waals surface area contributed by atoms with E-state index in [1.807, 2.05) is 6.92 Å². The molecule has 0 bridgehead atoms. The van der Waals surface area contributed by atoms with Crippen molar-refractivity contribution >= 4 is 21.5 Å². The lowest BCUT2D eigenvalue weighted by atomic mass is 9.75. The van der Waals surface area contributed by atoms with Crippen LogP contribution in [0.25, 0.3) is 0 Å². The molecule has 0 saturated heterocycles. The van der Waals surface area contributed by atoms with E-state index < -0.39 is 28.1 Å². The molecule has 3 atom stereocenters. The summed E-state index contributed by atoms with van der Waals surface area (Å²) in [6.07, 6.45) is 0.449. The van der Waals surface area contributed by atoms with Gasteiger partial charge in [-0.2, -0.15) is 0 Å². The van der Waals surface area contributed by atoms with Crippen LogP contribution in [-0.2, 0) is 14.8 Å². The predicted octanol–water partition coefficient (Wildman–Crippen LogP) is 2.98. The van der Waals surface area contributed by atoms with Crippen LogP contribution in [0.4, 0.5) is 5.69 Å². The summed E-state index contributed by atoms with van der Waals surface area (Å²) in [6.45, 7) is 1.89. The zero-order chi connectivity index (χ0) is 20.1. The molecule has 28 heavy (non-hydrogen) atoms. The van der Waals surface area contributed by atoms with Crippen molar-refractivity contribution in [3.8, 4) is 5.75 Å². The third-order valence-corrected chi connectivity index (χ3v) is 7.57. The summed E-state index contributed by atoms with van der Waals surface area (Å²) in [5, 5.41) is 10.9. The van der Waals surface area contributed by atoms with Gasteiger partial charge in [-0.15, -0.1) is 0 Å². The lowest BCUT2D eigenvalue weighted by molar-refractivity contribution is -0.129. The Bertz CT molecular complexity index is 1020. The van der Waals surface area contributed by atoms with Crippen LogP contribution in [0.2, 0.25) is 0 Å². The highest BCUT2D eigenvalue weighted by molar-refractivity contribution is 7.92. The van der Waals surface area contributed by atoms with Crippen molar-refractivity contribution in [1.82, 2.24) is 0 Å². The second kappa shape index (κ2) is 6.90. The maximum atomic E-state index is 13.6. The number of ketones is 1. The molecule has 7 heteroatoms. The SMILES string of the molecule is COc1ccc2c(c1)[C@@H](O)[C@H]1C(=O)CCC[C@H]1N2S(=O)(=O)c1ccc(C)cc1. The van der Waals surface area contributed by atoms with Gasteiger partial charge in [0.25, 0.3) is 10.0 Å². The molecule has 0 aromatic heterocycles. The van der Waals surface area contributed by atoms with E-state index in [0.717, 1.165) is 5.56 Å². The van der Waals surface area contributed by atoms with Gasteiger partial charge in [0.15, 0.2) is 0 Å². The summed E-state index contributed by atoms with van der Waals surface area (Å²) in [7, 11) is -2.39. The first-order valence-electron chi connectivity index (χ1n) is 9.34. The van der Waals surface area contributed by atoms with Gasteiger partial charge < -0.3 is 9.84 Å². The van der Waals surface area contributed by atoms with Crippen LogP contribution >= 0.6 is 0 Å². The highest BCUT2D eigenvalue weighted by atomic mass is 32.2. The Hall–Kier alpha value is -2.38. The highest BCUT2D eigenvalue weighted by Gasteiger charge is 2.49. The summed E-state index contributed by atoms with van der Waals surface area (Å²) < 4.78 is 33.8. The van der Waals surface area contributed by atoms with Gasteiger partial charge in [0.2, 0.25) is 0 Å². The van der Waals surface area contributed by atoms with E-state index in [2.05, 4.69) is 0 Å². The Morgan fingerprint density at radius 1 is 1.14 bits per heavy atom. The molecule has 2 aliphatic rings. The summed E-state index contributed by atoms with van der Waals surface area (Å²) in [5.41, 5.74) is 1.78. The molecule has 1 heterocycles. The molecule has 0 spiro atoms. The zero-order valence-corrected chi connectivity index (χ0v) is 16.6. The van der Waals surface area contributed by atoms with E-state index in [1.165, 1.54) is 11.4 Å². The van der Waals surface area contributed by atoms with Gasteiger partial charge in [-0.3, -0.25) is 9.10 Å². The Morgan fingerprint density at radius 2 is 1.86 bits per heavy atom. The quantitative estimate of drug-likeness (QED) is 0.855. The largest absolute Gasteiger partial charge is 0.497 e. The highest BCUT2D eigenvalue weighted by Crippen LogP contribution is 2.48. The number of rotatable bonds is 3. The van der Waals surface area contributed by atoms with E-state index in [-0.39, 0.29) is 10.7 Å². The van der Waals surface area contributed by atoms with Crippen LogP contribution in [-0.4, -0.2) is 32.5 Å². The number of aliphatic hydroxyl groups is 1. The summed E-state index contributed by atoms with van der Waals surface area (Å²) in [6, 6.07) is 11.0. The number of fused-ring (bicyclic) bond motifs is 2. The number of ether oxygens (including phenoxy) is 1. The molecule has 0 unspecified atom stereocenters. The number of nitrogens with zero attached hydrogens (tertiary/aromatic N) is 1. The Labute approximate surface area is 164 Å². The molecule has 6 nitrogen and oxygen atoms in total. The Balaban J connectivity index is 1.92. The van der Waals surface area contributed by atoms with Gasteiger partial charge in [0.05, 0.1) is 35.8 Å². The lowest BCUT2D eigenvalue weighted by Gasteiger charge is -2.46. The third kappa shape index (κ3) is 2.89. The van der Waals surface area contributed by atoms with Gasteiger partial charge in [-0.1, -0.05) is 17.7 Å². The normalized spacial score (nSPS) is 24.5. The average Bonchev–Trinajstić information content (AvgIpc) is 2.68. The monoisotopic (exact) mass is 401 g/mol. The molecule has 0 amide bonds. The maximum absolute atomic E-state index is 13.6. The summed E-state index contributed by atoms with van der Waals surface area (Å²) in [4.78, 5) is 12.8. The van der Waals surface area contributed by atoms with Gasteiger partial charge in [0.1, 0.15) is 11.5 Å². The second-order valence-electron chi connectivity index (χ2n) is 7.44. The number of hydrogen-bond acceptors (Lipinski definition) is 5. The molecule has 1 aliphatic carbocycles. The fraction of sp³-hybridized carbons (Fsp3) is 0.381. The van der Waals surface area contributed by atoms with Gasteiger partial charge in [-0.05, 0) is 50.1 Å². The molecular weight excluding hydrogens is 378 g/mol. The van der Waals surface area contributed by atoms with Crippen LogP contribution in [0.1, 0.15) is 36.5 Å². The molecule has 2 aromatic rings. The number of methoxy groups -OCH3 is 1. The third-order valence-electron chi connectivity index (χ3n) is 5.72.